The average molecular weight is 361 g/mol. The van der Waals surface area contributed by atoms with E-state index >= 15 is 0 Å². The fourth-order valence-corrected chi connectivity index (χ4v) is 3.90. The number of benzene rings is 2. The van der Waals surface area contributed by atoms with Crippen LogP contribution in [0.3, 0.4) is 0 Å². The number of hydrogen-bond donors (Lipinski definition) is 0. The van der Waals surface area contributed by atoms with Crippen LogP contribution in [0, 0.1) is 0 Å². The van der Waals surface area contributed by atoms with Crippen LogP contribution in [0.25, 0.3) is 5.57 Å². The maximum absolute atomic E-state index is 4.83. The molecule has 2 heterocycles. The Hall–Kier alpha value is -2.26. The van der Waals surface area contributed by atoms with Gasteiger partial charge in [0.2, 0.25) is 0 Å². The number of nitrogens with zero attached hydrogens (tertiary/aromatic N) is 2. The van der Waals surface area contributed by atoms with Gasteiger partial charge in [-0.15, -0.1) is 0 Å². The Labute approximate surface area is 142 Å². The molecule has 1 aliphatic carbocycles. The Balaban J connectivity index is 1.64. The van der Waals surface area contributed by atoms with E-state index in [-0.39, 0.29) is 5.92 Å². The van der Waals surface area contributed by atoms with E-state index in [0.717, 1.165) is 21.9 Å². The van der Waals surface area contributed by atoms with Crippen molar-refractivity contribution in [2.45, 2.75) is 12.3 Å². The highest BCUT2D eigenvalue weighted by atomic mass is 79.9. The first-order valence-electron chi connectivity index (χ1n) is 7.71. The van der Waals surface area contributed by atoms with Crippen LogP contribution in [-0.2, 0) is 0 Å². The molecule has 0 spiro atoms. The summed E-state index contributed by atoms with van der Waals surface area (Å²) in [4.78, 5) is 9.53. The van der Waals surface area contributed by atoms with Gasteiger partial charge >= 0.3 is 0 Å². The molecule has 5 rings (SSSR count). The molecule has 0 saturated heterocycles. The molecule has 110 valence electrons. The summed E-state index contributed by atoms with van der Waals surface area (Å²) in [6, 6.07) is 16.9. The molecule has 2 aromatic rings. The van der Waals surface area contributed by atoms with Crippen molar-refractivity contribution in [1.82, 2.24) is 0 Å². The van der Waals surface area contributed by atoms with Crippen LogP contribution in [0.4, 0.5) is 0 Å². The third-order valence-corrected chi connectivity index (χ3v) is 5.17. The van der Waals surface area contributed by atoms with Gasteiger partial charge in [0, 0.05) is 33.9 Å². The van der Waals surface area contributed by atoms with Crippen molar-refractivity contribution < 1.29 is 0 Å². The van der Waals surface area contributed by atoms with Gasteiger partial charge in [-0.05, 0) is 34.9 Å². The molecule has 3 heteroatoms. The van der Waals surface area contributed by atoms with Crippen molar-refractivity contribution >= 4 is 27.7 Å². The van der Waals surface area contributed by atoms with E-state index in [1.807, 2.05) is 0 Å². The third-order valence-electron chi connectivity index (χ3n) is 4.68. The highest BCUT2D eigenvalue weighted by Gasteiger charge is 2.29. The number of aliphatic imine (C=N–C) groups is 1. The van der Waals surface area contributed by atoms with Crippen molar-refractivity contribution in [1.29, 1.82) is 0 Å². The second kappa shape index (κ2) is 4.87. The Morgan fingerprint density at radius 3 is 2.78 bits per heavy atom. The molecular weight excluding hydrogens is 348 g/mol. The second-order valence-corrected chi connectivity index (χ2v) is 6.94. The number of hydrogen-bond acceptors (Lipinski definition) is 2. The van der Waals surface area contributed by atoms with Crippen molar-refractivity contribution in [3.63, 3.8) is 0 Å². The zero-order valence-corrected chi connectivity index (χ0v) is 13.9. The molecule has 2 nitrogen and oxygen atoms in total. The SMILES string of the molecule is Brc1ccc2c(c1)=NC1=CC3=C(CC=21)N=CC3c1ccccc1. The van der Waals surface area contributed by atoms with Gasteiger partial charge in [-0.3, -0.25) is 4.99 Å². The molecule has 0 saturated carbocycles. The standard InChI is InChI=1S/C20H13BrN2/c21-13-6-7-14-15-9-18-16(10-20(15)23-19(14)8-13)17(11-22-18)12-4-2-1-3-5-12/h1-8,10-11,17H,9H2. The third kappa shape index (κ3) is 2.00. The van der Waals surface area contributed by atoms with E-state index in [4.69, 9.17) is 9.98 Å². The topological polar surface area (TPSA) is 24.7 Å². The molecule has 2 aromatic carbocycles. The summed E-state index contributed by atoms with van der Waals surface area (Å²) in [5.41, 5.74) is 6.18. The largest absolute Gasteiger partial charge is 0.264 e. The monoisotopic (exact) mass is 360 g/mol. The minimum atomic E-state index is 0.255. The number of allylic oxidation sites excluding steroid dienone is 4. The molecule has 2 aliphatic heterocycles. The van der Waals surface area contributed by atoms with E-state index in [0.29, 0.717) is 0 Å². The summed E-state index contributed by atoms with van der Waals surface area (Å²) in [6.45, 7) is 0. The zero-order chi connectivity index (χ0) is 15.4. The smallest absolute Gasteiger partial charge is 0.0724 e. The lowest BCUT2D eigenvalue weighted by Gasteiger charge is -2.17. The first-order valence-corrected chi connectivity index (χ1v) is 8.50. The maximum atomic E-state index is 4.83. The molecule has 23 heavy (non-hydrogen) atoms. The zero-order valence-electron chi connectivity index (χ0n) is 12.3. The summed E-state index contributed by atoms with van der Waals surface area (Å²) >= 11 is 3.53. The summed E-state index contributed by atoms with van der Waals surface area (Å²) in [5, 5.41) is 2.30. The van der Waals surface area contributed by atoms with Gasteiger partial charge in [-0.1, -0.05) is 52.3 Å². The molecule has 0 N–H and O–H groups in total. The molecular formula is C20H13BrN2. The molecule has 0 fully saturated rings. The van der Waals surface area contributed by atoms with Gasteiger partial charge in [0.1, 0.15) is 0 Å². The Morgan fingerprint density at radius 1 is 1.04 bits per heavy atom. The van der Waals surface area contributed by atoms with E-state index in [2.05, 4.69) is 76.8 Å². The fraction of sp³-hybridized carbons (Fsp3) is 0.100. The minimum Gasteiger partial charge on any atom is -0.264 e. The van der Waals surface area contributed by atoms with Crippen LogP contribution < -0.4 is 10.6 Å². The van der Waals surface area contributed by atoms with E-state index in [1.54, 1.807) is 0 Å². The second-order valence-electron chi connectivity index (χ2n) is 6.03. The van der Waals surface area contributed by atoms with E-state index in [1.165, 1.54) is 27.6 Å². The lowest BCUT2D eigenvalue weighted by atomic mass is 9.87. The molecule has 0 amide bonds. The maximum Gasteiger partial charge on any atom is 0.0724 e. The Morgan fingerprint density at radius 2 is 1.91 bits per heavy atom. The van der Waals surface area contributed by atoms with Crippen LogP contribution in [-0.4, -0.2) is 6.21 Å². The van der Waals surface area contributed by atoms with Crippen molar-refractivity contribution in [2.24, 2.45) is 9.98 Å². The summed E-state index contributed by atoms with van der Waals surface area (Å²) in [7, 11) is 0. The molecule has 1 atom stereocenters. The van der Waals surface area contributed by atoms with Gasteiger partial charge in [-0.2, -0.15) is 0 Å². The Kier molecular flexibility index (Phi) is 2.79. The minimum absolute atomic E-state index is 0.255. The molecule has 3 aliphatic rings. The van der Waals surface area contributed by atoms with Crippen LogP contribution in [0.2, 0.25) is 0 Å². The highest BCUT2D eigenvalue weighted by Crippen LogP contribution is 2.41. The van der Waals surface area contributed by atoms with Crippen LogP contribution in [0.5, 0.6) is 0 Å². The Bertz CT molecular complexity index is 1040. The lowest BCUT2D eigenvalue weighted by Crippen LogP contribution is -2.22. The van der Waals surface area contributed by atoms with Crippen LogP contribution in [0.1, 0.15) is 17.9 Å². The van der Waals surface area contributed by atoms with Crippen molar-refractivity contribution in [2.75, 3.05) is 0 Å². The lowest BCUT2D eigenvalue weighted by molar-refractivity contribution is 1.05. The van der Waals surface area contributed by atoms with Gasteiger partial charge in [0.25, 0.3) is 0 Å². The molecule has 0 radical (unpaired) electrons. The summed E-state index contributed by atoms with van der Waals surface area (Å²) < 4.78 is 1.07. The first-order chi connectivity index (χ1) is 11.3. The number of rotatable bonds is 1. The average Bonchev–Trinajstić information content (AvgIpc) is 3.13. The summed E-state index contributed by atoms with van der Waals surface area (Å²) in [6.07, 6.45) is 5.17. The summed E-state index contributed by atoms with van der Waals surface area (Å²) in [5.74, 6) is 0.255. The normalized spacial score (nSPS) is 20.8. The number of fused-ring (bicyclic) bond motifs is 2. The van der Waals surface area contributed by atoms with E-state index in [9.17, 15) is 0 Å². The number of halogens is 1. The molecule has 0 bridgehead atoms. The molecule has 0 aromatic heterocycles. The predicted octanol–water partition coefficient (Wildman–Crippen LogP) is 3.64. The van der Waals surface area contributed by atoms with E-state index < -0.39 is 0 Å². The highest BCUT2D eigenvalue weighted by molar-refractivity contribution is 9.10. The van der Waals surface area contributed by atoms with Crippen molar-refractivity contribution in [3.05, 3.63) is 92.2 Å². The van der Waals surface area contributed by atoms with Gasteiger partial charge < -0.3 is 0 Å². The van der Waals surface area contributed by atoms with Gasteiger partial charge in [0.05, 0.1) is 11.1 Å². The van der Waals surface area contributed by atoms with Crippen LogP contribution in [0.15, 0.2) is 86.0 Å². The quantitative estimate of drug-likeness (QED) is 0.741. The molecule has 1 unspecified atom stereocenters. The van der Waals surface area contributed by atoms with Gasteiger partial charge in [-0.25, -0.2) is 4.99 Å². The predicted molar refractivity (Wildman–Crippen MR) is 95.7 cm³/mol. The first kappa shape index (κ1) is 13.2. The fourth-order valence-electron chi connectivity index (χ4n) is 3.55. The van der Waals surface area contributed by atoms with Crippen LogP contribution >= 0.6 is 15.9 Å². The van der Waals surface area contributed by atoms with Gasteiger partial charge in [0.15, 0.2) is 0 Å². The van der Waals surface area contributed by atoms with Crippen molar-refractivity contribution in [3.8, 4) is 0 Å².